The molecule has 0 N–H and O–H groups in total. The molecule has 10 heavy (non-hydrogen) atoms. The second-order valence-corrected chi connectivity index (χ2v) is 2.34. The Bertz CT molecular complexity index is 167. The van der Waals surface area contributed by atoms with E-state index in [2.05, 4.69) is 5.92 Å². The molecule has 0 saturated carbocycles. The molecule has 1 unspecified atom stereocenters. The quantitative estimate of drug-likeness (QED) is 0.500. The molecule has 0 amide bonds. The van der Waals surface area contributed by atoms with Crippen molar-refractivity contribution in [3.05, 3.63) is 0 Å². The summed E-state index contributed by atoms with van der Waals surface area (Å²) in [5, 5.41) is 0. The van der Waals surface area contributed by atoms with Crippen molar-refractivity contribution in [1.29, 1.82) is 0 Å². The third-order valence-corrected chi connectivity index (χ3v) is 1.55. The normalized spacial score (nSPS) is 25.9. The van der Waals surface area contributed by atoms with Gasteiger partial charge in [0.05, 0.1) is 0 Å². The molecule has 1 heterocycles. The second-order valence-electron chi connectivity index (χ2n) is 2.34. The van der Waals surface area contributed by atoms with Crippen LogP contribution in [0.25, 0.3) is 0 Å². The molecule has 1 rings (SSSR count). The first-order valence-corrected chi connectivity index (χ1v) is 3.42. The summed E-state index contributed by atoms with van der Waals surface area (Å²) in [6, 6.07) is 0. The average Bonchev–Trinajstić information content (AvgIpc) is 1.94. The van der Waals surface area contributed by atoms with Gasteiger partial charge in [0.2, 0.25) is 0 Å². The Balaban J connectivity index is 2.42. The molecule has 2 nitrogen and oxygen atoms in total. The van der Waals surface area contributed by atoms with E-state index < -0.39 is 0 Å². The summed E-state index contributed by atoms with van der Waals surface area (Å²) in [6.07, 6.45) is 6.64. The minimum atomic E-state index is -0.307. The van der Waals surface area contributed by atoms with Gasteiger partial charge in [0.25, 0.3) is 0 Å². The van der Waals surface area contributed by atoms with Crippen LogP contribution in [-0.2, 0) is 9.53 Å². The smallest absolute Gasteiger partial charge is 0.162 e. The Kier molecular flexibility index (Phi) is 2.47. The van der Waals surface area contributed by atoms with Gasteiger partial charge in [-0.25, -0.2) is 0 Å². The van der Waals surface area contributed by atoms with Crippen LogP contribution in [0.5, 0.6) is 0 Å². The van der Waals surface area contributed by atoms with Gasteiger partial charge in [-0.2, -0.15) is 0 Å². The lowest BCUT2D eigenvalue weighted by Gasteiger charge is -2.18. The maximum absolute atomic E-state index is 11.0. The van der Waals surface area contributed by atoms with Gasteiger partial charge in [0.15, 0.2) is 5.78 Å². The number of hydrogen-bond donors (Lipinski definition) is 0. The third kappa shape index (κ3) is 1.58. The Morgan fingerprint density at radius 3 is 3.20 bits per heavy atom. The zero-order chi connectivity index (χ0) is 7.40. The lowest BCUT2D eigenvalue weighted by atomic mass is 10.1. The lowest BCUT2D eigenvalue weighted by Crippen LogP contribution is -2.28. The lowest BCUT2D eigenvalue weighted by molar-refractivity contribution is -0.135. The van der Waals surface area contributed by atoms with Crippen LogP contribution >= 0.6 is 0 Å². The number of Topliss-reactive ketones (excluding diaryl/α,β-unsaturated/α-hetero) is 1. The van der Waals surface area contributed by atoms with Crippen molar-refractivity contribution in [1.82, 2.24) is 0 Å². The average molecular weight is 138 g/mol. The Morgan fingerprint density at radius 1 is 1.80 bits per heavy atom. The molecule has 0 spiro atoms. The Hall–Kier alpha value is -0.810. The predicted molar refractivity (Wildman–Crippen MR) is 37.4 cm³/mol. The minimum absolute atomic E-state index is 0.157. The molecule has 54 valence electrons. The van der Waals surface area contributed by atoms with E-state index in [9.17, 15) is 4.79 Å². The molecule has 1 saturated heterocycles. The van der Waals surface area contributed by atoms with Gasteiger partial charge < -0.3 is 4.74 Å². The summed E-state index contributed by atoms with van der Waals surface area (Å²) in [6.45, 7) is 0.679. The molecule has 0 radical (unpaired) electrons. The predicted octanol–water partition coefficient (Wildman–Crippen LogP) is 0.758. The van der Waals surface area contributed by atoms with Crippen molar-refractivity contribution in [2.75, 3.05) is 6.61 Å². The van der Waals surface area contributed by atoms with Crippen LogP contribution in [0.3, 0.4) is 0 Å². The highest BCUT2D eigenvalue weighted by atomic mass is 16.5. The molecule has 0 aromatic heterocycles. The Morgan fingerprint density at radius 2 is 2.60 bits per heavy atom. The number of carbonyl (C=O) groups is 1. The fraction of sp³-hybridized carbons (Fsp3) is 0.625. The van der Waals surface area contributed by atoms with Gasteiger partial charge in [0, 0.05) is 19.4 Å². The highest BCUT2D eigenvalue weighted by Crippen LogP contribution is 2.10. The number of ketones is 1. The van der Waals surface area contributed by atoms with E-state index in [4.69, 9.17) is 11.2 Å². The number of rotatable bonds is 1. The van der Waals surface area contributed by atoms with Crippen molar-refractivity contribution in [3.8, 4) is 12.3 Å². The number of hydrogen-bond acceptors (Lipinski definition) is 2. The number of terminal acetylenes is 1. The number of carbonyl (C=O) groups excluding carboxylic acids is 1. The van der Waals surface area contributed by atoms with Crippen molar-refractivity contribution in [2.45, 2.75) is 25.4 Å². The van der Waals surface area contributed by atoms with Gasteiger partial charge >= 0.3 is 0 Å². The van der Waals surface area contributed by atoms with Crippen LogP contribution in [-0.4, -0.2) is 18.5 Å². The monoisotopic (exact) mass is 138 g/mol. The molecule has 1 aliphatic heterocycles. The molecule has 0 aliphatic carbocycles. The maximum atomic E-state index is 11.0. The first-order valence-electron chi connectivity index (χ1n) is 3.42. The van der Waals surface area contributed by atoms with Crippen molar-refractivity contribution < 1.29 is 9.53 Å². The fourth-order valence-electron chi connectivity index (χ4n) is 1.01. The minimum Gasteiger partial charge on any atom is -0.369 e. The third-order valence-electron chi connectivity index (χ3n) is 1.55. The standard InChI is InChI=1S/C8H10O2/c1-2-4-8-7(9)5-3-6-10-8/h1,8H,3-6H2. The van der Waals surface area contributed by atoms with Gasteiger partial charge in [-0.15, -0.1) is 12.3 Å². The van der Waals surface area contributed by atoms with Crippen molar-refractivity contribution in [2.24, 2.45) is 0 Å². The Labute approximate surface area is 60.6 Å². The van der Waals surface area contributed by atoms with E-state index in [1.165, 1.54) is 0 Å². The van der Waals surface area contributed by atoms with Crippen molar-refractivity contribution >= 4 is 5.78 Å². The molecule has 0 bridgehead atoms. The molecule has 1 fully saturated rings. The largest absolute Gasteiger partial charge is 0.369 e. The molecule has 1 atom stereocenters. The van der Waals surface area contributed by atoms with Crippen molar-refractivity contribution in [3.63, 3.8) is 0 Å². The SMILES string of the molecule is C#CCC1OCCCC1=O. The van der Waals surface area contributed by atoms with Gasteiger partial charge in [0.1, 0.15) is 6.10 Å². The van der Waals surface area contributed by atoms with E-state index in [1.807, 2.05) is 0 Å². The maximum Gasteiger partial charge on any atom is 0.162 e. The van der Waals surface area contributed by atoms with E-state index in [-0.39, 0.29) is 11.9 Å². The van der Waals surface area contributed by atoms with Crippen LogP contribution in [0.2, 0.25) is 0 Å². The molecular formula is C8H10O2. The number of ether oxygens (including phenoxy) is 1. The van der Waals surface area contributed by atoms with Gasteiger partial charge in [-0.05, 0) is 6.42 Å². The van der Waals surface area contributed by atoms with E-state index in [0.717, 1.165) is 6.42 Å². The first kappa shape index (κ1) is 7.30. The van der Waals surface area contributed by atoms with Gasteiger partial charge in [-0.3, -0.25) is 4.79 Å². The summed E-state index contributed by atoms with van der Waals surface area (Å²) in [5.74, 6) is 2.58. The van der Waals surface area contributed by atoms with E-state index in [0.29, 0.717) is 19.4 Å². The fourth-order valence-corrected chi connectivity index (χ4v) is 1.01. The summed E-state index contributed by atoms with van der Waals surface area (Å²) < 4.78 is 5.14. The van der Waals surface area contributed by atoms with Crippen LogP contribution in [0.15, 0.2) is 0 Å². The summed E-state index contributed by atoms with van der Waals surface area (Å²) in [5.41, 5.74) is 0. The molecule has 2 heteroatoms. The molecule has 1 aliphatic rings. The van der Waals surface area contributed by atoms with Crippen LogP contribution in [0.1, 0.15) is 19.3 Å². The summed E-state index contributed by atoms with van der Waals surface area (Å²) in [4.78, 5) is 11.0. The first-order chi connectivity index (χ1) is 4.84. The van der Waals surface area contributed by atoms with Crippen LogP contribution in [0, 0.1) is 12.3 Å². The van der Waals surface area contributed by atoms with Crippen LogP contribution in [0.4, 0.5) is 0 Å². The summed E-state index contributed by atoms with van der Waals surface area (Å²) >= 11 is 0. The zero-order valence-corrected chi connectivity index (χ0v) is 5.80. The topological polar surface area (TPSA) is 26.3 Å². The van der Waals surface area contributed by atoms with Crippen LogP contribution < -0.4 is 0 Å². The second kappa shape index (κ2) is 3.38. The molecule has 0 aromatic carbocycles. The molecular weight excluding hydrogens is 128 g/mol. The molecule has 0 aromatic rings. The van der Waals surface area contributed by atoms with E-state index >= 15 is 0 Å². The highest BCUT2D eigenvalue weighted by molar-refractivity contribution is 5.83. The highest BCUT2D eigenvalue weighted by Gasteiger charge is 2.21. The van der Waals surface area contributed by atoms with Gasteiger partial charge in [-0.1, -0.05) is 0 Å². The van der Waals surface area contributed by atoms with E-state index in [1.54, 1.807) is 0 Å². The zero-order valence-electron chi connectivity index (χ0n) is 5.80. The summed E-state index contributed by atoms with van der Waals surface area (Å²) in [7, 11) is 0.